The van der Waals surface area contributed by atoms with Gasteiger partial charge in [-0.1, -0.05) is 0 Å². The van der Waals surface area contributed by atoms with E-state index in [2.05, 4.69) is 20.2 Å². The lowest BCUT2D eigenvalue weighted by molar-refractivity contribution is 0.0691. The van der Waals surface area contributed by atoms with E-state index in [0.29, 0.717) is 11.5 Å². The number of carboxylic acids is 1. The summed E-state index contributed by atoms with van der Waals surface area (Å²) in [5, 5.41) is 16.4. The molecule has 6 heteroatoms. The average Bonchev–Trinajstić information content (AvgIpc) is 2.68. The highest BCUT2D eigenvalue weighted by Gasteiger charge is 2.09. The third-order valence-corrected chi connectivity index (χ3v) is 1.85. The molecule has 2 aromatic rings. The highest BCUT2D eigenvalue weighted by molar-refractivity contribution is 5.85. The van der Waals surface area contributed by atoms with Crippen LogP contribution in [-0.4, -0.2) is 31.2 Å². The fourth-order valence-electron chi connectivity index (χ4n) is 1.09. The summed E-state index contributed by atoms with van der Waals surface area (Å²) in [5.74, 6) is -0.645. The highest BCUT2D eigenvalue weighted by Crippen LogP contribution is 2.11. The predicted molar refractivity (Wildman–Crippen MR) is 51.3 cm³/mol. The minimum Gasteiger partial charge on any atom is -0.477 e. The molecule has 0 amide bonds. The van der Waals surface area contributed by atoms with Gasteiger partial charge in [-0.15, -0.1) is 5.10 Å². The van der Waals surface area contributed by atoms with Crippen LogP contribution in [0.3, 0.4) is 0 Å². The number of aromatic nitrogens is 4. The van der Waals surface area contributed by atoms with Crippen molar-refractivity contribution < 1.29 is 9.90 Å². The molecule has 0 fully saturated rings. The van der Waals surface area contributed by atoms with Crippen LogP contribution in [0.5, 0.6) is 0 Å². The standard InChI is InChI=1S/C9H8N4O2/c1-5-2-3-6(13-12-5)8-10-4-7(11-8)9(14)15/h2-4H,1H3,(H,10,11)(H,14,15). The second-order valence-corrected chi connectivity index (χ2v) is 3.01. The predicted octanol–water partition coefficient (Wildman–Crippen LogP) is 0.873. The number of nitrogens with zero attached hydrogens (tertiary/aromatic N) is 3. The first kappa shape index (κ1) is 9.32. The maximum atomic E-state index is 10.6. The summed E-state index contributed by atoms with van der Waals surface area (Å²) in [5.41, 5.74) is 1.35. The van der Waals surface area contributed by atoms with Crippen LogP contribution >= 0.6 is 0 Å². The third-order valence-electron chi connectivity index (χ3n) is 1.85. The van der Waals surface area contributed by atoms with Crippen LogP contribution in [0.15, 0.2) is 18.3 Å². The van der Waals surface area contributed by atoms with E-state index in [1.165, 1.54) is 6.20 Å². The zero-order chi connectivity index (χ0) is 10.8. The third kappa shape index (κ3) is 1.83. The SMILES string of the molecule is Cc1ccc(-c2ncc(C(=O)O)[nH]2)nn1. The summed E-state index contributed by atoms with van der Waals surface area (Å²) in [6.45, 7) is 1.82. The number of nitrogens with one attached hydrogen (secondary N) is 1. The van der Waals surface area contributed by atoms with Crippen molar-refractivity contribution in [2.45, 2.75) is 6.92 Å². The Morgan fingerprint density at radius 2 is 2.20 bits per heavy atom. The normalized spacial score (nSPS) is 10.2. The molecule has 15 heavy (non-hydrogen) atoms. The molecule has 0 unspecified atom stereocenters. The average molecular weight is 204 g/mol. The van der Waals surface area contributed by atoms with Gasteiger partial charge in [-0.05, 0) is 19.1 Å². The van der Waals surface area contributed by atoms with Gasteiger partial charge in [-0.2, -0.15) is 5.10 Å². The minimum absolute atomic E-state index is 0.0346. The largest absolute Gasteiger partial charge is 0.477 e. The van der Waals surface area contributed by atoms with Crippen molar-refractivity contribution in [1.29, 1.82) is 0 Å². The number of aryl methyl sites for hydroxylation is 1. The first-order valence-corrected chi connectivity index (χ1v) is 4.26. The van der Waals surface area contributed by atoms with E-state index < -0.39 is 5.97 Å². The molecule has 2 N–H and O–H groups in total. The molecule has 0 aromatic carbocycles. The smallest absolute Gasteiger partial charge is 0.353 e. The minimum atomic E-state index is -1.05. The molecular formula is C9H8N4O2. The maximum absolute atomic E-state index is 10.6. The molecule has 0 saturated carbocycles. The monoisotopic (exact) mass is 204 g/mol. The number of aromatic carboxylic acids is 1. The van der Waals surface area contributed by atoms with Gasteiger partial charge < -0.3 is 10.1 Å². The van der Waals surface area contributed by atoms with E-state index in [0.717, 1.165) is 5.69 Å². The second kappa shape index (κ2) is 3.49. The van der Waals surface area contributed by atoms with Crippen molar-refractivity contribution in [3.8, 4) is 11.5 Å². The molecule has 0 atom stereocenters. The molecule has 0 aliphatic rings. The van der Waals surface area contributed by atoms with Gasteiger partial charge in [-0.25, -0.2) is 9.78 Å². The van der Waals surface area contributed by atoms with Crippen molar-refractivity contribution in [1.82, 2.24) is 20.2 Å². The number of aromatic amines is 1. The van der Waals surface area contributed by atoms with Gasteiger partial charge in [0.05, 0.1) is 11.9 Å². The molecule has 2 aromatic heterocycles. The van der Waals surface area contributed by atoms with Crippen molar-refractivity contribution >= 4 is 5.97 Å². The molecule has 0 saturated heterocycles. The molecule has 2 heterocycles. The highest BCUT2D eigenvalue weighted by atomic mass is 16.4. The van der Waals surface area contributed by atoms with Gasteiger partial charge in [0.2, 0.25) is 0 Å². The number of H-pyrrole nitrogens is 1. The van der Waals surface area contributed by atoms with Gasteiger partial charge in [0.1, 0.15) is 11.4 Å². The van der Waals surface area contributed by atoms with E-state index in [9.17, 15) is 4.79 Å². The Morgan fingerprint density at radius 1 is 1.40 bits per heavy atom. The van der Waals surface area contributed by atoms with E-state index in [1.807, 2.05) is 6.92 Å². The lowest BCUT2D eigenvalue weighted by Gasteiger charge is -1.94. The Labute approximate surface area is 85.0 Å². The Morgan fingerprint density at radius 3 is 2.73 bits per heavy atom. The van der Waals surface area contributed by atoms with Crippen LogP contribution in [-0.2, 0) is 0 Å². The zero-order valence-electron chi connectivity index (χ0n) is 7.93. The molecule has 0 aliphatic carbocycles. The first-order chi connectivity index (χ1) is 7.16. The van der Waals surface area contributed by atoms with Crippen molar-refractivity contribution in [3.63, 3.8) is 0 Å². The van der Waals surface area contributed by atoms with Crippen LogP contribution in [0, 0.1) is 6.92 Å². The number of carboxylic acid groups (broad SMARTS) is 1. The Kier molecular flexibility index (Phi) is 2.17. The zero-order valence-corrected chi connectivity index (χ0v) is 7.93. The maximum Gasteiger partial charge on any atom is 0.353 e. The van der Waals surface area contributed by atoms with E-state index in [1.54, 1.807) is 12.1 Å². The van der Waals surface area contributed by atoms with Gasteiger partial charge in [0.15, 0.2) is 5.82 Å². The summed E-state index contributed by atoms with van der Waals surface area (Å²) < 4.78 is 0. The summed E-state index contributed by atoms with van der Waals surface area (Å²) >= 11 is 0. The Hall–Kier alpha value is -2.24. The second-order valence-electron chi connectivity index (χ2n) is 3.01. The lowest BCUT2D eigenvalue weighted by atomic mass is 10.3. The Bertz CT molecular complexity index is 489. The number of hydrogen-bond donors (Lipinski definition) is 2. The van der Waals surface area contributed by atoms with Crippen molar-refractivity contribution in [2.24, 2.45) is 0 Å². The topological polar surface area (TPSA) is 91.8 Å². The number of imidazole rings is 1. The van der Waals surface area contributed by atoms with Crippen molar-refractivity contribution in [2.75, 3.05) is 0 Å². The molecule has 0 spiro atoms. The molecule has 6 nitrogen and oxygen atoms in total. The van der Waals surface area contributed by atoms with Gasteiger partial charge in [0.25, 0.3) is 0 Å². The van der Waals surface area contributed by atoms with Crippen LogP contribution in [0.1, 0.15) is 16.2 Å². The first-order valence-electron chi connectivity index (χ1n) is 4.26. The fraction of sp³-hybridized carbons (Fsp3) is 0.111. The molecule has 0 aliphatic heterocycles. The molecule has 2 rings (SSSR count). The number of rotatable bonds is 2. The van der Waals surface area contributed by atoms with E-state index in [4.69, 9.17) is 5.11 Å². The number of hydrogen-bond acceptors (Lipinski definition) is 4. The van der Waals surface area contributed by atoms with Crippen LogP contribution in [0.25, 0.3) is 11.5 Å². The molecule has 0 radical (unpaired) electrons. The Balaban J connectivity index is 2.37. The van der Waals surface area contributed by atoms with Crippen molar-refractivity contribution in [3.05, 3.63) is 29.7 Å². The van der Waals surface area contributed by atoms with E-state index in [-0.39, 0.29) is 5.69 Å². The van der Waals surface area contributed by atoms with Crippen LogP contribution in [0.2, 0.25) is 0 Å². The van der Waals surface area contributed by atoms with E-state index >= 15 is 0 Å². The van der Waals surface area contributed by atoms with Crippen LogP contribution in [0.4, 0.5) is 0 Å². The summed E-state index contributed by atoms with van der Waals surface area (Å²) in [7, 11) is 0. The van der Waals surface area contributed by atoms with Crippen LogP contribution < -0.4 is 0 Å². The van der Waals surface area contributed by atoms with Gasteiger partial charge in [0, 0.05) is 0 Å². The molecule has 0 bridgehead atoms. The summed E-state index contributed by atoms with van der Waals surface area (Å²) in [6, 6.07) is 3.51. The lowest BCUT2D eigenvalue weighted by Crippen LogP contribution is -1.96. The summed E-state index contributed by atoms with van der Waals surface area (Å²) in [4.78, 5) is 17.1. The number of carbonyl (C=O) groups is 1. The fourth-order valence-corrected chi connectivity index (χ4v) is 1.09. The van der Waals surface area contributed by atoms with Gasteiger partial charge >= 0.3 is 5.97 Å². The molecule has 76 valence electrons. The van der Waals surface area contributed by atoms with Gasteiger partial charge in [-0.3, -0.25) is 0 Å². The quantitative estimate of drug-likeness (QED) is 0.757. The summed E-state index contributed by atoms with van der Waals surface area (Å²) in [6.07, 6.45) is 1.25. The molecular weight excluding hydrogens is 196 g/mol.